The third-order valence-electron chi connectivity index (χ3n) is 3.86. The molecule has 20 heavy (non-hydrogen) atoms. The number of aromatic hydroxyl groups is 1. The lowest BCUT2D eigenvalue weighted by atomic mass is 9.98. The van der Waals surface area contributed by atoms with Crippen LogP contribution in [0.4, 0.5) is 0 Å². The monoisotopic (exact) mass is 313 g/mol. The minimum Gasteiger partial charge on any atom is -0.507 e. The van der Waals surface area contributed by atoms with Gasteiger partial charge < -0.3 is 10.0 Å². The van der Waals surface area contributed by atoms with Gasteiger partial charge in [0.1, 0.15) is 11.1 Å². The van der Waals surface area contributed by atoms with Crippen LogP contribution >= 0.6 is 23.4 Å². The predicted octanol–water partition coefficient (Wildman–Crippen LogP) is 3.52. The van der Waals surface area contributed by atoms with Crippen molar-refractivity contribution in [2.45, 2.75) is 32.6 Å². The maximum absolute atomic E-state index is 12.0. The van der Waals surface area contributed by atoms with Gasteiger partial charge in [0.05, 0.1) is 5.75 Å². The summed E-state index contributed by atoms with van der Waals surface area (Å²) in [6.45, 7) is 6.52. The van der Waals surface area contributed by atoms with Gasteiger partial charge in [-0.25, -0.2) is 0 Å². The van der Waals surface area contributed by atoms with Crippen LogP contribution in [0.2, 0.25) is 0 Å². The van der Waals surface area contributed by atoms with E-state index in [0.29, 0.717) is 23.9 Å². The molecule has 0 spiro atoms. The first-order valence-corrected chi connectivity index (χ1v) is 8.32. The lowest BCUT2D eigenvalue weighted by Crippen LogP contribution is -2.29. The lowest BCUT2D eigenvalue weighted by molar-refractivity contribution is -0.128. The summed E-state index contributed by atoms with van der Waals surface area (Å²) in [6.07, 6.45) is 0.805. The number of benzene rings is 1. The van der Waals surface area contributed by atoms with Gasteiger partial charge in [-0.2, -0.15) is 0 Å². The van der Waals surface area contributed by atoms with Gasteiger partial charge in [0.25, 0.3) is 0 Å². The number of thioether (sulfide) groups is 1. The Morgan fingerprint density at radius 1 is 1.40 bits per heavy atom. The van der Waals surface area contributed by atoms with Crippen LogP contribution in [-0.2, 0) is 4.79 Å². The summed E-state index contributed by atoms with van der Waals surface area (Å²) in [5.74, 6) is 1.61. The second kappa shape index (κ2) is 6.27. The second-order valence-electron chi connectivity index (χ2n) is 5.17. The van der Waals surface area contributed by atoms with Crippen molar-refractivity contribution < 1.29 is 9.90 Å². The quantitative estimate of drug-likeness (QED) is 0.865. The number of rotatable bonds is 4. The van der Waals surface area contributed by atoms with E-state index < -0.39 is 0 Å². The molecule has 1 amide bonds. The number of aryl methyl sites for hydroxylation is 1. The third kappa shape index (κ3) is 2.77. The topological polar surface area (TPSA) is 40.5 Å². The minimum absolute atomic E-state index is 0.0451. The Balaban J connectivity index is 2.37. The third-order valence-corrected chi connectivity index (χ3v) is 5.37. The fraction of sp³-hybridized carbons (Fsp3) is 0.533. The normalized spacial score (nSPS) is 18.9. The lowest BCUT2D eigenvalue weighted by Gasteiger charge is -2.26. The van der Waals surface area contributed by atoms with Crippen molar-refractivity contribution in [3.63, 3.8) is 0 Å². The van der Waals surface area contributed by atoms with Crippen LogP contribution in [0.25, 0.3) is 0 Å². The molecule has 2 rings (SSSR count). The molecular formula is C15H20ClNO2S. The van der Waals surface area contributed by atoms with Crippen LogP contribution in [0.15, 0.2) is 6.07 Å². The van der Waals surface area contributed by atoms with Crippen LogP contribution in [0.1, 0.15) is 34.0 Å². The summed E-state index contributed by atoms with van der Waals surface area (Å²) < 4.78 is 0. The Hall–Kier alpha value is -0.870. The van der Waals surface area contributed by atoms with E-state index in [4.69, 9.17) is 11.6 Å². The maximum atomic E-state index is 12.0. The zero-order valence-electron chi connectivity index (χ0n) is 12.1. The van der Waals surface area contributed by atoms with E-state index in [2.05, 4.69) is 0 Å². The molecule has 1 N–H and O–H groups in total. The molecule has 1 atom stereocenters. The van der Waals surface area contributed by atoms with E-state index in [1.165, 1.54) is 0 Å². The van der Waals surface area contributed by atoms with Crippen molar-refractivity contribution >= 4 is 29.3 Å². The van der Waals surface area contributed by atoms with Gasteiger partial charge in [0.15, 0.2) is 0 Å². The predicted molar refractivity (Wildman–Crippen MR) is 84.6 cm³/mol. The Morgan fingerprint density at radius 3 is 2.75 bits per heavy atom. The summed E-state index contributed by atoms with van der Waals surface area (Å²) in [5, 5.41) is 10.1. The van der Waals surface area contributed by atoms with Crippen molar-refractivity contribution in [2.75, 3.05) is 18.2 Å². The summed E-state index contributed by atoms with van der Waals surface area (Å²) in [5.41, 5.74) is 3.96. The molecule has 0 aromatic heterocycles. The molecule has 0 bridgehead atoms. The highest BCUT2D eigenvalue weighted by Gasteiger charge is 2.33. The molecule has 1 aliphatic heterocycles. The number of alkyl halides is 1. The van der Waals surface area contributed by atoms with Gasteiger partial charge in [-0.3, -0.25) is 4.79 Å². The smallest absolute Gasteiger partial charge is 0.233 e. The SMILES string of the molecule is Cc1cc(C2SCC(=O)N2CCCCl)c(C)c(C)c1O. The van der Waals surface area contributed by atoms with Crippen LogP contribution in [0.3, 0.4) is 0 Å². The molecule has 3 nitrogen and oxygen atoms in total. The highest BCUT2D eigenvalue weighted by molar-refractivity contribution is 8.00. The highest BCUT2D eigenvalue weighted by Crippen LogP contribution is 2.42. The Labute approximate surface area is 129 Å². The van der Waals surface area contributed by atoms with Gasteiger partial charge in [0.2, 0.25) is 5.91 Å². The van der Waals surface area contributed by atoms with Gasteiger partial charge in [-0.1, -0.05) is 0 Å². The van der Waals surface area contributed by atoms with Crippen molar-refractivity contribution in [3.8, 4) is 5.75 Å². The number of carbonyl (C=O) groups is 1. The number of hydrogen-bond donors (Lipinski definition) is 1. The first-order valence-electron chi connectivity index (χ1n) is 6.74. The molecule has 1 saturated heterocycles. The molecule has 1 aliphatic rings. The molecule has 110 valence electrons. The molecule has 1 aromatic carbocycles. The summed E-state index contributed by atoms with van der Waals surface area (Å²) in [6, 6.07) is 2.00. The molecule has 1 aromatic rings. The van der Waals surface area contributed by atoms with Gasteiger partial charge in [-0.15, -0.1) is 23.4 Å². The van der Waals surface area contributed by atoms with E-state index in [1.54, 1.807) is 11.8 Å². The largest absolute Gasteiger partial charge is 0.507 e. The Bertz CT molecular complexity index is 533. The van der Waals surface area contributed by atoms with Crippen molar-refractivity contribution in [3.05, 3.63) is 28.3 Å². The van der Waals surface area contributed by atoms with Crippen LogP contribution in [0.5, 0.6) is 5.75 Å². The van der Waals surface area contributed by atoms with E-state index in [9.17, 15) is 9.90 Å². The molecule has 1 unspecified atom stereocenters. The maximum Gasteiger partial charge on any atom is 0.233 e. The Kier molecular flexibility index (Phi) is 4.86. The average molecular weight is 314 g/mol. The second-order valence-corrected chi connectivity index (χ2v) is 6.62. The molecule has 0 radical (unpaired) electrons. The molecule has 1 heterocycles. The van der Waals surface area contributed by atoms with Crippen LogP contribution in [-0.4, -0.2) is 34.1 Å². The zero-order chi connectivity index (χ0) is 14.9. The molecule has 0 saturated carbocycles. The van der Waals surface area contributed by atoms with E-state index >= 15 is 0 Å². The molecule has 5 heteroatoms. The number of hydrogen-bond acceptors (Lipinski definition) is 3. The first-order chi connectivity index (χ1) is 9.47. The summed E-state index contributed by atoms with van der Waals surface area (Å²) >= 11 is 7.40. The van der Waals surface area contributed by atoms with Gasteiger partial charge in [0, 0.05) is 12.4 Å². The highest BCUT2D eigenvalue weighted by atomic mass is 35.5. The standard InChI is InChI=1S/C15H20ClNO2S/c1-9-7-12(10(2)11(3)14(9)19)15-17(6-4-5-16)13(18)8-20-15/h7,15,19H,4-6,8H2,1-3H3. The van der Waals surface area contributed by atoms with Gasteiger partial charge in [-0.05, 0) is 55.5 Å². The summed E-state index contributed by atoms with van der Waals surface area (Å²) in [7, 11) is 0. The van der Waals surface area contributed by atoms with Crippen molar-refractivity contribution in [1.29, 1.82) is 0 Å². The fourth-order valence-electron chi connectivity index (χ4n) is 2.54. The van der Waals surface area contributed by atoms with Crippen molar-refractivity contribution in [1.82, 2.24) is 4.90 Å². The van der Waals surface area contributed by atoms with Crippen LogP contribution in [0, 0.1) is 20.8 Å². The number of phenolic OH excluding ortho intramolecular Hbond substituents is 1. The average Bonchev–Trinajstić information content (AvgIpc) is 2.79. The van der Waals surface area contributed by atoms with Crippen molar-refractivity contribution in [2.24, 2.45) is 0 Å². The van der Waals surface area contributed by atoms with E-state index in [-0.39, 0.29) is 11.3 Å². The number of carbonyl (C=O) groups excluding carboxylic acids is 1. The zero-order valence-corrected chi connectivity index (χ0v) is 13.6. The number of nitrogens with zero attached hydrogens (tertiary/aromatic N) is 1. The number of amides is 1. The van der Waals surface area contributed by atoms with Gasteiger partial charge >= 0.3 is 0 Å². The fourth-order valence-corrected chi connectivity index (χ4v) is 3.95. The summed E-state index contributed by atoms with van der Waals surface area (Å²) in [4.78, 5) is 13.9. The molecular weight excluding hydrogens is 294 g/mol. The van der Waals surface area contributed by atoms with Crippen LogP contribution < -0.4 is 0 Å². The van der Waals surface area contributed by atoms with E-state index in [0.717, 1.165) is 28.7 Å². The number of phenols is 1. The number of halogens is 1. The molecule has 0 aliphatic carbocycles. The van der Waals surface area contributed by atoms with E-state index in [1.807, 2.05) is 31.7 Å². The minimum atomic E-state index is 0.0451. The Morgan fingerprint density at radius 2 is 2.10 bits per heavy atom. The first kappa shape index (κ1) is 15.5. The molecule has 1 fully saturated rings.